The molecule has 1 heterocycles. The van der Waals surface area contributed by atoms with Gasteiger partial charge in [-0.25, -0.2) is 0 Å². The third kappa shape index (κ3) is 2.03. The number of likely N-dealkylation sites (N-methyl/N-ethyl adjacent to an activating group) is 1. The van der Waals surface area contributed by atoms with E-state index in [0.717, 1.165) is 18.9 Å². The van der Waals surface area contributed by atoms with Gasteiger partial charge in [-0.1, -0.05) is 13.3 Å². The van der Waals surface area contributed by atoms with Crippen LogP contribution in [0.3, 0.4) is 0 Å². The van der Waals surface area contributed by atoms with Crippen LogP contribution >= 0.6 is 0 Å². The molecule has 1 aliphatic rings. The minimum absolute atomic E-state index is 0.0755. The van der Waals surface area contributed by atoms with E-state index in [1.54, 1.807) is 0 Å². The van der Waals surface area contributed by atoms with Crippen LogP contribution in [0.15, 0.2) is 0 Å². The first-order valence-corrected chi connectivity index (χ1v) is 4.35. The Morgan fingerprint density at radius 1 is 1.64 bits per heavy atom. The van der Waals surface area contributed by atoms with Crippen LogP contribution in [0.25, 0.3) is 0 Å². The van der Waals surface area contributed by atoms with E-state index in [1.807, 2.05) is 7.05 Å². The zero-order valence-corrected chi connectivity index (χ0v) is 7.34. The van der Waals surface area contributed by atoms with Gasteiger partial charge in [-0.2, -0.15) is 0 Å². The van der Waals surface area contributed by atoms with Crippen molar-refractivity contribution in [1.29, 1.82) is 0 Å². The molecule has 63 valence electrons. The smallest absolute Gasteiger partial charge is 0.217 e. The van der Waals surface area contributed by atoms with Crippen molar-refractivity contribution in [3.8, 4) is 0 Å². The van der Waals surface area contributed by atoms with Gasteiger partial charge in [0.1, 0.15) is 0 Å². The first kappa shape index (κ1) is 8.72. The van der Waals surface area contributed by atoms with Crippen LogP contribution in [0, 0.1) is 5.92 Å². The summed E-state index contributed by atoms with van der Waals surface area (Å²) in [5, 5.41) is 0. The second-order valence-electron chi connectivity index (χ2n) is 3.46. The van der Waals surface area contributed by atoms with Crippen molar-refractivity contribution in [3.63, 3.8) is 0 Å². The highest BCUT2D eigenvalue weighted by Crippen LogP contribution is 2.23. The highest BCUT2D eigenvalue weighted by Gasteiger charge is 2.28. The zero-order valence-electron chi connectivity index (χ0n) is 7.34. The summed E-state index contributed by atoms with van der Waals surface area (Å²) in [6.45, 7) is 3.27. The second kappa shape index (κ2) is 3.86. The summed E-state index contributed by atoms with van der Waals surface area (Å²) in [5.74, 6) is 0.733. The molecule has 11 heavy (non-hydrogen) atoms. The molecule has 1 rings (SSSR count). The van der Waals surface area contributed by atoms with E-state index in [4.69, 9.17) is 0 Å². The fourth-order valence-electron chi connectivity index (χ4n) is 1.86. The van der Waals surface area contributed by atoms with Crippen molar-refractivity contribution in [3.05, 3.63) is 0 Å². The Hall–Kier alpha value is -0.370. The van der Waals surface area contributed by atoms with Crippen LogP contribution in [0.2, 0.25) is 0 Å². The molecule has 1 unspecified atom stereocenters. The molecule has 0 aromatic rings. The number of hydrogen-bond acceptors (Lipinski definition) is 2. The molecule has 1 saturated heterocycles. The van der Waals surface area contributed by atoms with Gasteiger partial charge in [0.05, 0.1) is 6.04 Å². The lowest BCUT2D eigenvalue weighted by Gasteiger charge is -2.10. The Morgan fingerprint density at radius 2 is 2.36 bits per heavy atom. The summed E-state index contributed by atoms with van der Waals surface area (Å²) in [6.07, 6.45) is 5.58. The summed E-state index contributed by atoms with van der Waals surface area (Å²) in [7, 11) is 2.01. The fourth-order valence-corrected chi connectivity index (χ4v) is 1.86. The van der Waals surface area contributed by atoms with Gasteiger partial charge < -0.3 is 0 Å². The molecule has 0 aliphatic carbocycles. The molecule has 2 heteroatoms. The normalized spacial score (nSPS) is 32.5. The maximum Gasteiger partial charge on any atom is 0.217 e. The van der Waals surface area contributed by atoms with Gasteiger partial charge in [-0.3, -0.25) is 9.69 Å². The van der Waals surface area contributed by atoms with E-state index in [0.29, 0.717) is 0 Å². The molecule has 0 aromatic heterocycles. The summed E-state index contributed by atoms with van der Waals surface area (Å²) >= 11 is 0. The van der Waals surface area contributed by atoms with Crippen molar-refractivity contribution in [1.82, 2.24) is 4.90 Å². The van der Waals surface area contributed by atoms with Crippen LogP contribution in [0.5, 0.6) is 0 Å². The number of rotatable bonds is 3. The molecule has 0 saturated carbocycles. The average molecular weight is 154 g/mol. The van der Waals surface area contributed by atoms with Crippen LogP contribution in [0.4, 0.5) is 0 Å². The maximum atomic E-state index is 10.4. The molecule has 2 atom stereocenters. The summed E-state index contributed by atoms with van der Waals surface area (Å²) < 4.78 is 0. The topological polar surface area (TPSA) is 20.3 Å². The summed E-state index contributed by atoms with van der Waals surface area (Å²) in [4.78, 5) is 12.5. The first-order chi connectivity index (χ1) is 5.27. The highest BCUT2D eigenvalue weighted by molar-refractivity contribution is 5.59. The molecule has 0 amide bonds. The van der Waals surface area contributed by atoms with Gasteiger partial charge in [0.25, 0.3) is 0 Å². The molecule has 0 N–H and O–H groups in total. The van der Waals surface area contributed by atoms with Crippen LogP contribution in [-0.4, -0.2) is 30.8 Å². The van der Waals surface area contributed by atoms with E-state index in [2.05, 4.69) is 18.1 Å². The van der Waals surface area contributed by atoms with Gasteiger partial charge in [-0.05, 0) is 25.8 Å². The average Bonchev–Trinajstić information content (AvgIpc) is 2.32. The van der Waals surface area contributed by atoms with Gasteiger partial charge in [0.15, 0.2) is 0 Å². The first-order valence-electron chi connectivity index (χ1n) is 4.35. The van der Waals surface area contributed by atoms with E-state index in [1.165, 1.54) is 12.8 Å². The lowest BCUT2D eigenvalue weighted by molar-refractivity contribution is 0.348. The second-order valence-corrected chi connectivity index (χ2v) is 3.46. The summed E-state index contributed by atoms with van der Waals surface area (Å²) in [6, 6.07) is 0.0755. The minimum atomic E-state index is 0.0755. The molecule has 0 bridgehead atoms. The molecule has 2 nitrogen and oxygen atoms in total. The molecule has 1 radical (unpaired) electrons. The van der Waals surface area contributed by atoms with Crippen LogP contribution in [0.1, 0.15) is 26.2 Å². The summed E-state index contributed by atoms with van der Waals surface area (Å²) in [5.41, 5.74) is 0. The third-order valence-electron chi connectivity index (χ3n) is 2.47. The molecular weight excluding hydrogens is 138 g/mol. The molecular formula is C9H16NO. The van der Waals surface area contributed by atoms with Crippen LogP contribution in [-0.2, 0) is 4.79 Å². The Kier molecular flexibility index (Phi) is 3.06. The number of carbonyl (C=O) groups excluding carboxylic acids is 1. The Labute approximate surface area is 68.6 Å². The quantitative estimate of drug-likeness (QED) is 0.609. The van der Waals surface area contributed by atoms with E-state index >= 15 is 0 Å². The maximum absolute atomic E-state index is 10.4. The van der Waals surface area contributed by atoms with Gasteiger partial charge in [-0.15, -0.1) is 0 Å². The largest absolute Gasteiger partial charge is 0.296 e. The van der Waals surface area contributed by atoms with Gasteiger partial charge in [0, 0.05) is 6.54 Å². The Bertz CT molecular complexity index is 136. The predicted molar refractivity (Wildman–Crippen MR) is 45.1 cm³/mol. The van der Waals surface area contributed by atoms with E-state index < -0.39 is 0 Å². The fraction of sp³-hybridized carbons (Fsp3) is 0.889. The SMILES string of the molecule is CCC[C@H]1CC([C]=O)N(C)C1. The van der Waals surface area contributed by atoms with Gasteiger partial charge >= 0.3 is 0 Å². The minimum Gasteiger partial charge on any atom is -0.296 e. The molecule has 1 fully saturated rings. The zero-order chi connectivity index (χ0) is 8.27. The lowest BCUT2D eigenvalue weighted by atomic mass is 10.0. The number of likely N-dealkylation sites (tertiary alicyclic amines) is 1. The van der Waals surface area contributed by atoms with Crippen molar-refractivity contribution >= 4 is 6.29 Å². The third-order valence-corrected chi connectivity index (χ3v) is 2.47. The van der Waals surface area contributed by atoms with Crippen molar-refractivity contribution < 1.29 is 4.79 Å². The number of nitrogens with zero attached hydrogens (tertiary/aromatic N) is 1. The number of hydrogen-bond donors (Lipinski definition) is 0. The monoisotopic (exact) mass is 154 g/mol. The van der Waals surface area contributed by atoms with Crippen molar-refractivity contribution in [2.75, 3.05) is 13.6 Å². The molecule has 0 aromatic carbocycles. The molecule has 1 aliphatic heterocycles. The van der Waals surface area contributed by atoms with Gasteiger partial charge in [0.2, 0.25) is 6.29 Å². The lowest BCUT2D eigenvalue weighted by Crippen LogP contribution is -2.25. The highest BCUT2D eigenvalue weighted by atomic mass is 16.1. The Morgan fingerprint density at radius 3 is 2.82 bits per heavy atom. The van der Waals surface area contributed by atoms with Crippen molar-refractivity contribution in [2.45, 2.75) is 32.2 Å². The van der Waals surface area contributed by atoms with E-state index in [9.17, 15) is 4.79 Å². The predicted octanol–water partition coefficient (Wildman–Crippen LogP) is 1.22. The standard InChI is InChI=1S/C9H16NO/c1-3-4-8-5-9(7-11)10(2)6-8/h8-9H,3-6H2,1-2H3/t8-,9?/m0/s1. The molecule has 0 spiro atoms. The Balaban J connectivity index is 2.36. The van der Waals surface area contributed by atoms with Crippen molar-refractivity contribution in [2.24, 2.45) is 5.92 Å². The van der Waals surface area contributed by atoms with Crippen LogP contribution < -0.4 is 0 Å². The van der Waals surface area contributed by atoms with E-state index in [-0.39, 0.29) is 6.04 Å².